The van der Waals surface area contributed by atoms with E-state index in [0.29, 0.717) is 12.0 Å². The van der Waals surface area contributed by atoms with Gasteiger partial charge in [-0.3, -0.25) is 0 Å². The number of hydrogen-bond donors (Lipinski definition) is 1. The Bertz CT molecular complexity index is 125. The average Bonchev–Trinajstić information content (AvgIpc) is 1.97. The first kappa shape index (κ1) is 9.01. The van der Waals surface area contributed by atoms with E-state index in [-0.39, 0.29) is 12.2 Å². The zero-order chi connectivity index (χ0) is 8.43. The lowest BCUT2D eigenvalue weighted by atomic mass is 9.91. The molecule has 0 saturated carbocycles. The van der Waals surface area contributed by atoms with Gasteiger partial charge in [0.2, 0.25) is 0 Å². The molecule has 1 saturated heterocycles. The van der Waals surface area contributed by atoms with Gasteiger partial charge in [0.15, 0.2) is 0 Å². The van der Waals surface area contributed by atoms with Gasteiger partial charge in [0.25, 0.3) is 0 Å². The Morgan fingerprint density at radius 3 is 2.64 bits per heavy atom. The summed E-state index contributed by atoms with van der Waals surface area (Å²) in [5.74, 6) is 0.493. The molecule has 4 atom stereocenters. The van der Waals surface area contributed by atoms with Crippen molar-refractivity contribution in [2.24, 2.45) is 5.92 Å². The molecule has 0 aromatic rings. The zero-order valence-electron chi connectivity index (χ0n) is 7.58. The summed E-state index contributed by atoms with van der Waals surface area (Å²) in [6.07, 6.45) is 1.94. The Kier molecular flexibility index (Phi) is 2.90. The molecular formula is C9H18O2. The van der Waals surface area contributed by atoms with Crippen molar-refractivity contribution in [2.45, 2.75) is 51.9 Å². The SMILES string of the molecule is CCC1OC(C)C(C)CC1O. The van der Waals surface area contributed by atoms with Crippen LogP contribution in [-0.2, 0) is 4.74 Å². The van der Waals surface area contributed by atoms with Crippen LogP contribution in [0.5, 0.6) is 0 Å². The summed E-state index contributed by atoms with van der Waals surface area (Å²) in [6, 6.07) is 0. The van der Waals surface area contributed by atoms with Crippen LogP contribution in [0, 0.1) is 5.92 Å². The molecule has 0 amide bonds. The predicted octanol–water partition coefficient (Wildman–Crippen LogP) is 1.57. The molecule has 1 fully saturated rings. The van der Waals surface area contributed by atoms with E-state index < -0.39 is 0 Å². The van der Waals surface area contributed by atoms with Gasteiger partial charge in [0, 0.05) is 0 Å². The average molecular weight is 158 g/mol. The highest BCUT2D eigenvalue weighted by Crippen LogP contribution is 2.26. The van der Waals surface area contributed by atoms with Gasteiger partial charge in [0.1, 0.15) is 0 Å². The van der Waals surface area contributed by atoms with E-state index in [4.69, 9.17) is 4.74 Å². The first-order valence-electron chi connectivity index (χ1n) is 4.48. The molecule has 0 aromatic heterocycles. The summed E-state index contributed by atoms with van der Waals surface area (Å²) in [7, 11) is 0. The minimum Gasteiger partial charge on any atom is -0.390 e. The molecule has 4 unspecified atom stereocenters. The van der Waals surface area contributed by atoms with Crippen LogP contribution < -0.4 is 0 Å². The van der Waals surface area contributed by atoms with Crippen molar-refractivity contribution >= 4 is 0 Å². The van der Waals surface area contributed by atoms with E-state index in [2.05, 4.69) is 20.8 Å². The molecule has 2 nitrogen and oxygen atoms in total. The monoisotopic (exact) mass is 158 g/mol. The van der Waals surface area contributed by atoms with Crippen LogP contribution in [0.4, 0.5) is 0 Å². The predicted molar refractivity (Wildman–Crippen MR) is 44.4 cm³/mol. The summed E-state index contributed by atoms with van der Waals surface area (Å²) in [5.41, 5.74) is 0. The van der Waals surface area contributed by atoms with Gasteiger partial charge in [-0.25, -0.2) is 0 Å². The molecule has 1 rings (SSSR count). The second-order valence-corrected chi connectivity index (χ2v) is 3.57. The van der Waals surface area contributed by atoms with Crippen LogP contribution >= 0.6 is 0 Å². The molecule has 0 aromatic carbocycles. The van der Waals surface area contributed by atoms with E-state index in [9.17, 15) is 5.11 Å². The summed E-state index contributed by atoms with van der Waals surface area (Å²) < 4.78 is 5.61. The Morgan fingerprint density at radius 1 is 1.45 bits per heavy atom. The molecule has 1 aliphatic rings. The lowest BCUT2D eigenvalue weighted by molar-refractivity contribution is -0.135. The second kappa shape index (κ2) is 3.55. The highest BCUT2D eigenvalue weighted by Gasteiger charge is 2.30. The maximum absolute atomic E-state index is 9.53. The summed E-state index contributed by atoms with van der Waals surface area (Å²) in [6.45, 7) is 6.26. The smallest absolute Gasteiger partial charge is 0.0835 e. The molecule has 11 heavy (non-hydrogen) atoms. The largest absolute Gasteiger partial charge is 0.390 e. The van der Waals surface area contributed by atoms with Crippen molar-refractivity contribution in [3.8, 4) is 0 Å². The Morgan fingerprint density at radius 2 is 2.09 bits per heavy atom. The van der Waals surface area contributed by atoms with Crippen LogP contribution in [0.3, 0.4) is 0 Å². The lowest BCUT2D eigenvalue weighted by Crippen LogP contribution is -2.41. The van der Waals surface area contributed by atoms with Gasteiger partial charge in [-0.2, -0.15) is 0 Å². The van der Waals surface area contributed by atoms with Gasteiger partial charge in [-0.05, 0) is 25.7 Å². The number of aliphatic hydroxyl groups is 1. The molecule has 1 N–H and O–H groups in total. The van der Waals surface area contributed by atoms with Crippen LogP contribution in [0.1, 0.15) is 33.6 Å². The normalized spacial score (nSPS) is 45.8. The third kappa shape index (κ3) is 1.94. The van der Waals surface area contributed by atoms with Gasteiger partial charge >= 0.3 is 0 Å². The summed E-state index contributed by atoms with van der Waals surface area (Å²) in [5, 5.41) is 9.53. The van der Waals surface area contributed by atoms with Crippen LogP contribution in [0.15, 0.2) is 0 Å². The van der Waals surface area contributed by atoms with Crippen LogP contribution in [0.25, 0.3) is 0 Å². The maximum Gasteiger partial charge on any atom is 0.0835 e. The molecule has 0 aliphatic carbocycles. The molecule has 0 radical (unpaired) electrons. The topological polar surface area (TPSA) is 29.5 Å². The molecule has 1 aliphatic heterocycles. The van der Waals surface area contributed by atoms with Gasteiger partial charge in [0.05, 0.1) is 18.3 Å². The fraction of sp³-hybridized carbons (Fsp3) is 1.00. The highest BCUT2D eigenvalue weighted by atomic mass is 16.5. The number of hydrogen-bond acceptors (Lipinski definition) is 2. The first-order valence-corrected chi connectivity index (χ1v) is 4.48. The maximum atomic E-state index is 9.53. The van der Waals surface area contributed by atoms with E-state index in [0.717, 1.165) is 12.8 Å². The zero-order valence-corrected chi connectivity index (χ0v) is 7.58. The van der Waals surface area contributed by atoms with Crippen molar-refractivity contribution in [3.05, 3.63) is 0 Å². The number of ether oxygens (including phenoxy) is 1. The van der Waals surface area contributed by atoms with E-state index in [1.807, 2.05) is 0 Å². The Labute approximate surface area is 68.6 Å². The van der Waals surface area contributed by atoms with Crippen LogP contribution in [0.2, 0.25) is 0 Å². The summed E-state index contributed by atoms with van der Waals surface area (Å²) >= 11 is 0. The van der Waals surface area contributed by atoms with Crippen molar-refractivity contribution in [1.29, 1.82) is 0 Å². The fourth-order valence-corrected chi connectivity index (χ4v) is 1.59. The van der Waals surface area contributed by atoms with Gasteiger partial charge < -0.3 is 9.84 Å². The molecular weight excluding hydrogens is 140 g/mol. The minimum atomic E-state index is -0.244. The quantitative estimate of drug-likeness (QED) is 0.627. The fourth-order valence-electron chi connectivity index (χ4n) is 1.59. The minimum absolute atomic E-state index is 0.0706. The molecule has 2 heteroatoms. The summed E-state index contributed by atoms with van der Waals surface area (Å²) in [4.78, 5) is 0. The number of aliphatic hydroxyl groups excluding tert-OH is 1. The van der Waals surface area contributed by atoms with Crippen molar-refractivity contribution in [2.75, 3.05) is 0 Å². The van der Waals surface area contributed by atoms with Crippen molar-refractivity contribution in [3.63, 3.8) is 0 Å². The van der Waals surface area contributed by atoms with E-state index in [1.54, 1.807) is 0 Å². The van der Waals surface area contributed by atoms with Gasteiger partial charge in [-0.1, -0.05) is 13.8 Å². The second-order valence-electron chi connectivity index (χ2n) is 3.57. The highest BCUT2D eigenvalue weighted by molar-refractivity contribution is 4.79. The standard InChI is InChI=1S/C9H18O2/c1-4-9-8(10)5-6(2)7(3)11-9/h6-10H,4-5H2,1-3H3. The van der Waals surface area contributed by atoms with Gasteiger partial charge in [-0.15, -0.1) is 0 Å². The van der Waals surface area contributed by atoms with E-state index in [1.165, 1.54) is 0 Å². The molecule has 0 bridgehead atoms. The van der Waals surface area contributed by atoms with Crippen molar-refractivity contribution < 1.29 is 9.84 Å². The van der Waals surface area contributed by atoms with Crippen LogP contribution in [-0.4, -0.2) is 23.4 Å². The van der Waals surface area contributed by atoms with Crippen molar-refractivity contribution in [1.82, 2.24) is 0 Å². The third-order valence-corrected chi connectivity index (χ3v) is 2.64. The number of rotatable bonds is 1. The molecule has 1 heterocycles. The molecule has 0 spiro atoms. The Hall–Kier alpha value is -0.0800. The Balaban J connectivity index is 2.48. The lowest BCUT2D eigenvalue weighted by Gasteiger charge is -2.36. The first-order chi connectivity index (χ1) is 5.15. The molecule has 66 valence electrons. The third-order valence-electron chi connectivity index (χ3n) is 2.64. The van der Waals surface area contributed by atoms with E-state index >= 15 is 0 Å².